The van der Waals surface area contributed by atoms with Gasteiger partial charge in [-0.2, -0.15) is 0 Å². The molecule has 0 amide bonds. The standard InChI is InChI=1S/C20H22/c1-15(2)19(17-11-7-5-8-12-17)20(16(3)4)18-13-9-6-10-14-18/h5-14,16H,1H2,2-4H3. The van der Waals surface area contributed by atoms with E-state index < -0.39 is 0 Å². The summed E-state index contributed by atoms with van der Waals surface area (Å²) in [6, 6.07) is 21.2. The van der Waals surface area contributed by atoms with Gasteiger partial charge in [0.15, 0.2) is 0 Å². The molecule has 2 aromatic carbocycles. The molecule has 0 heteroatoms. The van der Waals surface area contributed by atoms with Crippen molar-refractivity contribution in [2.75, 3.05) is 0 Å². The van der Waals surface area contributed by atoms with Crippen molar-refractivity contribution in [3.8, 4) is 0 Å². The van der Waals surface area contributed by atoms with Crippen LogP contribution in [-0.2, 0) is 0 Å². The van der Waals surface area contributed by atoms with Gasteiger partial charge >= 0.3 is 0 Å². The Morgan fingerprint density at radius 2 is 1.25 bits per heavy atom. The summed E-state index contributed by atoms with van der Waals surface area (Å²) < 4.78 is 0. The van der Waals surface area contributed by atoms with Gasteiger partial charge in [-0.3, -0.25) is 0 Å². The Morgan fingerprint density at radius 1 is 0.800 bits per heavy atom. The molecule has 0 atom stereocenters. The minimum atomic E-state index is 0.448. The molecular weight excluding hydrogens is 240 g/mol. The van der Waals surface area contributed by atoms with Gasteiger partial charge < -0.3 is 0 Å². The van der Waals surface area contributed by atoms with Crippen molar-refractivity contribution in [2.24, 2.45) is 5.92 Å². The molecule has 0 aliphatic rings. The average Bonchev–Trinajstić information content (AvgIpc) is 2.45. The summed E-state index contributed by atoms with van der Waals surface area (Å²) >= 11 is 0. The minimum Gasteiger partial charge on any atom is -0.0955 e. The van der Waals surface area contributed by atoms with Gasteiger partial charge in [0.2, 0.25) is 0 Å². The molecule has 0 aliphatic carbocycles. The van der Waals surface area contributed by atoms with Crippen molar-refractivity contribution in [3.63, 3.8) is 0 Å². The lowest BCUT2D eigenvalue weighted by Gasteiger charge is -2.20. The molecule has 0 unspecified atom stereocenters. The van der Waals surface area contributed by atoms with E-state index in [-0.39, 0.29) is 0 Å². The Kier molecular flexibility index (Phi) is 4.57. The lowest BCUT2D eigenvalue weighted by molar-refractivity contribution is 0.856. The van der Waals surface area contributed by atoms with E-state index in [1.807, 2.05) is 0 Å². The van der Waals surface area contributed by atoms with Crippen molar-refractivity contribution >= 4 is 11.1 Å². The molecule has 0 N–H and O–H groups in total. The van der Waals surface area contributed by atoms with Gasteiger partial charge in [0.25, 0.3) is 0 Å². The van der Waals surface area contributed by atoms with Crippen LogP contribution in [-0.4, -0.2) is 0 Å². The maximum atomic E-state index is 4.20. The normalized spacial score (nSPS) is 12.2. The van der Waals surface area contributed by atoms with Gasteiger partial charge in [0.1, 0.15) is 0 Å². The van der Waals surface area contributed by atoms with E-state index in [1.165, 1.54) is 22.3 Å². The monoisotopic (exact) mass is 262 g/mol. The van der Waals surface area contributed by atoms with Crippen molar-refractivity contribution in [1.82, 2.24) is 0 Å². The molecule has 0 bridgehead atoms. The van der Waals surface area contributed by atoms with Crippen molar-refractivity contribution < 1.29 is 0 Å². The third-order valence-electron chi connectivity index (χ3n) is 3.42. The van der Waals surface area contributed by atoms with E-state index in [9.17, 15) is 0 Å². The first-order valence-electron chi connectivity index (χ1n) is 7.12. The van der Waals surface area contributed by atoms with Crippen LogP contribution in [0.5, 0.6) is 0 Å². The second-order valence-electron chi connectivity index (χ2n) is 5.46. The Morgan fingerprint density at radius 3 is 1.65 bits per heavy atom. The summed E-state index contributed by atoms with van der Waals surface area (Å²) in [7, 11) is 0. The van der Waals surface area contributed by atoms with Crippen LogP contribution in [0.25, 0.3) is 11.1 Å². The second kappa shape index (κ2) is 6.38. The zero-order chi connectivity index (χ0) is 14.5. The molecule has 0 saturated heterocycles. The molecule has 0 spiro atoms. The van der Waals surface area contributed by atoms with E-state index in [2.05, 4.69) is 88.0 Å². The fourth-order valence-electron chi connectivity index (χ4n) is 2.62. The molecule has 0 radical (unpaired) electrons. The number of hydrogen-bond donors (Lipinski definition) is 0. The fourth-order valence-corrected chi connectivity index (χ4v) is 2.62. The molecule has 0 saturated carbocycles. The Labute approximate surface area is 122 Å². The Balaban J connectivity index is 2.71. The Bertz CT molecular complexity index is 601. The average molecular weight is 262 g/mol. The van der Waals surface area contributed by atoms with Crippen LogP contribution in [0, 0.1) is 5.92 Å². The molecule has 0 aliphatic heterocycles. The minimum absolute atomic E-state index is 0.448. The van der Waals surface area contributed by atoms with Crippen LogP contribution in [0.4, 0.5) is 0 Å². The highest BCUT2D eigenvalue weighted by Crippen LogP contribution is 2.35. The Hall–Kier alpha value is -2.08. The maximum Gasteiger partial charge on any atom is -0.0120 e. The smallest absolute Gasteiger partial charge is 0.0120 e. The molecule has 2 rings (SSSR count). The highest BCUT2D eigenvalue weighted by atomic mass is 14.2. The summed E-state index contributed by atoms with van der Waals surface area (Å²) in [4.78, 5) is 0. The summed E-state index contributed by atoms with van der Waals surface area (Å²) in [5.74, 6) is 0.448. The summed E-state index contributed by atoms with van der Waals surface area (Å²) in [6.07, 6.45) is 0. The first-order valence-corrected chi connectivity index (χ1v) is 7.12. The highest BCUT2D eigenvalue weighted by Gasteiger charge is 2.15. The predicted molar refractivity (Wildman–Crippen MR) is 89.4 cm³/mol. The van der Waals surface area contributed by atoms with Crippen LogP contribution in [0.2, 0.25) is 0 Å². The van der Waals surface area contributed by atoms with Gasteiger partial charge in [0.05, 0.1) is 0 Å². The third kappa shape index (κ3) is 3.08. The largest absolute Gasteiger partial charge is 0.0955 e. The predicted octanol–water partition coefficient (Wildman–Crippen LogP) is 5.83. The van der Waals surface area contributed by atoms with Crippen LogP contribution < -0.4 is 0 Å². The first kappa shape index (κ1) is 14.3. The van der Waals surface area contributed by atoms with Crippen LogP contribution in [0.15, 0.2) is 72.8 Å². The number of benzene rings is 2. The summed E-state index contributed by atoms with van der Waals surface area (Å²) in [5, 5.41) is 0. The van der Waals surface area contributed by atoms with Gasteiger partial charge in [-0.1, -0.05) is 86.7 Å². The number of rotatable bonds is 4. The quantitative estimate of drug-likeness (QED) is 0.480. The lowest BCUT2D eigenvalue weighted by Crippen LogP contribution is -2.00. The number of allylic oxidation sites excluding steroid dienone is 3. The molecule has 20 heavy (non-hydrogen) atoms. The second-order valence-corrected chi connectivity index (χ2v) is 5.46. The van der Waals surface area contributed by atoms with Crippen LogP contribution in [0.3, 0.4) is 0 Å². The van der Waals surface area contributed by atoms with Crippen molar-refractivity contribution in [2.45, 2.75) is 20.8 Å². The molecule has 0 aromatic heterocycles. The molecule has 0 fully saturated rings. The third-order valence-corrected chi connectivity index (χ3v) is 3.42. The van der Waals surface area contributed by atoms with Crippen molar-refractivity contribution in [3.05, 3.63) is 83.9 Å². The SMILES string of the molecule is C=C(C)C(=C(c1ccccc1)C(C)C)c1ccccc1. The van der Waals surface area contributed by atoms with Crippen LogP contribution >= 0.6 is 0 Å². The molecule has 2 aromatic rings. The van der Waals surface area contributed by atoms with Gasteiger partial charge in [-0.15, -0.1) is 0 Å². The summed E-state index contributed by atoms with van der Waals surface area (Å²) in [5.41, 5.74) is 6.27. The topological polar surface area (TPSA) is 0 Å². The van der Waals surface area contributed by atoms with Gasteiger partial charge in [0, 0.05) is 0 Å². The van der Waals surface area contributed by atoms with E-state index in [0.717, 1.165) is 5.57 Å². The van der Waals surface area contributed by atoms with E-state index in [0.29, 0.717) is 5.92 Å². The molecular formula is C20H22. The number of hydrogen-bond acceptors (Lipinski definition) is 0. The van der Waals surface area contributed by atoms with Crippen LogP contribution in [0.1, 0.15) is 31.9 Å². The highest BCUT2D eigenvalue weighted by molar-refractivity contribution is 5.98. The lowest BCUT2D eigenvalue weighted by atomic mass is 9.85. The van der Waals surface area contributed by atoms with Gasteiger partial charge in [-0.25, -0.2) is 0 Å². The van der Waals surface area contributed by atoms with E-state index in [1.54, 1.807) is 0 Å². The van der Waals surface area contributed by atoms with E-state index in [4.69, 9.17) is 0 Å². The zero-order valence-corrected chi connectivity index (χ0v) is 12.6. The zero-order valence-electron chi connectivity index (χ0n) is 12.6. The first-order chi connectivity index (χ1) is 9.61. The van der Waals surface area contributed by atoms with Crippen molar-refractivity contribution in [1.29, 1.82) is 0 Å². The molecule has 0 heterocycles. The van der Waals surface area contributed by atoms with E-state index >= 15 is 0 Å². The molecule has 0 nitrogen and oxygen atoms in total. The maximum absolute atomic E-state index is 4.20. The summed E-state index contributed by atoms with van der Waals surface area (Å²) in [6.45, 7) is 10.8. The molecule has 102 valence electrons. The fraction of sp³-hybridized carbons (Fsp3) is 0.200. The van der Waals surface area contributed by atoms with Gasteiger partial charge in [-0.05, 0) is 35.1 Å².